The summed E-state index contributed by atoms with van der Waals surface area (Å²) in [5.74, 6) is 4.33. The van der Waals surface area contributed by atoms with E-state index < -0.39 is 23.7 Å². The number of unbranched alkanes of at least 4 members (excludes halogenated alkanes) is 1. The van der Waals surface area contributed by atoms with Crippen molar-refractivity contribution in [1.29, 1.82) is 0 Å². The molecule has 0 heterocycles. The van der Waals surface area contributed by atoms with Gasteiger partial charge in [-0.15, -0.1) is 13.2 Å². The summed E-state index contributed by atoms with van der Waals surface area (Å²) in [5.41, 5.74) is 1.44. The summed E-state index contributed by atoms with van der Waals surface area (Å²) in [5, 5.41) is 1.25. The molecular weight excluding hydrogens is 483 g/mol. The molecule has 3 aromatic carbocycles. The largest absolute Gasteiger partial charge is 0.573 e. The highest BCUT2D eigenvalue weighted by atomic mass is 19.4. The first-order valence-corrected chi connectivity index (χ1v) is 13.0. The number of hydrogen-bond acceptors (Lipinski definition) is 1. The lowest BCUT2D eigenvalue weighted by Gasteiger charge is -2.28. The van der Waals surface area contributed by atoms with Crippen molar-refractivity contribution in [3.05, 3.63) is 76.9 Å². The Morgan fingerprint density at radius 2 is 1.59 bits per heavy atom. The van der Waals surface area contributed by atoms with Crippen LogP contribution in [0, 0.1) is 35.3 Å². The summed E-state index contributed by atoms with van der Waals surface area (Å²) in [6, 6.07) is 12.0. The average molecular weight is 515 g/mol. The molecule has 0 unspecified atom stereocenters. The molecule has 37 heavy (non-hydrogen) atoms. The fourth-order valence-corrected chi connectivity index (χ4v) is 5.19. The maximum absolute atomic E-state index is 15.1. The van der Waals surface area contributed by atoms with Crippen LogP contribution >= 0.6 is 0 Å². The summed E-state index contributed by atoms with van der Waals surface area (Å²) in [6.45, 7) is 2.25. The van der Waals surface area contributed by atoms with E-state index in [9.17, 15) is 17.6 Å². The number of benzene rings is 3. The van der Waals surface area contributed by atoms with Crippen LogP contribution < -0.4 is 4.74 Å². The number of aryl methyl sites for hydroxylation is 1. The standard InChI is InChI=1S/C31H31F5O/c1-2-3-4-21-5-7-22(8-6-21)9-10-23-12-17-27-26(19-23)16-15-25(30(27)33)14-11-24-13-18-29(28(32)20-24)37-31(34,35)36/h12-13,15-22H,2-10H2,1H3. The number of rotatable bonds is 7. The van der Waals surface area contributed by atoms with Crippen molar-refractivity contribution >= 4 is 10.8 Å². The third-order valence-electron chi connectivity index (χ3n) is 7.29. The number of alkyl halides is 3. The van der Waals surface area contributed by atoms with Crippen LogP contribution in [-0.4, -0.2) is 6.36 Å². The van der Waals surface area contributed by atoms with Crippen LogP contribution in [0.4, 0.5) is 22.0 Å². The molecule has 1 nitrogen and oxygen atoms in total. The van der Waals surface area contributed by atoms with E-state index in [1.54, 1.807) is 12.1 Å². The van der Waals surface area contributed by atoms with E-state index in [0.717, 1.165) is 42.2 Å². The lowest BCUT2D eigenvalue weighted by Crippen LogP contribution is -2.17. The van der Waals surface area contributed by atoms with Crippen molar-refractivity contribution in [2.75, 3.05) is 0 Å². The van der Waals surface area contributed by atoms with E-state index in [1.807, 2.05) is 18.2 Å². The van der Waals surface area contributed by atoms with Gasteiger partial charge >= 0.3 is 6.36 Å². The molecule has 3 aromatic rings. The average Bonchev–Trinajstić information content (AvgIpc) is 2.87. The van der Waals surface area contributed by atoms with Crippen molar-refractivity contribution in [3.63, 3.8) is 0 Å². The highest BCUT2D eigenvalue weighted by Crippen LogP contribution is 2.34. The Hall–Kier alpha value is -3.07. The van der Waals surface area contributed by atoms with Gasteiger partial charge in [-0.1, -0.05) is 88.0 Å². The summed E-state index contributed by atoms with van der Waals surface area (Å²) in [6.07, 6.45) is 6.41. The third-order valence-corrected chi connectivity index (χ3v) is 7.29. The lowest BCUT2D eigenvalue weighted by atomic mass is 9.78. The molecule has 0 atom stereocenters. The molecule has 0 radical (unpaired) electrons. The SMILES string of the molecule is CCCCC1CCC(CCc2ccc3c(F)c(C#Cc4ccc(OC(F)(F)F)c(F)c4)ccc3c2)CC1. The highest BCUT2D eigenvalue weighted by Gasteiger charge is 2.32. The highest BCUT2D eigenvalue weighted by molar-refractivity contribution is 5.85. The summed E-state index contributed by atoms with van der Waals surface area (Å²) < 4.78 is 69.5. The van der Waals surface area contributed by atoms with E-state index in [4.69, 9.17) is 0 Å². The van der Waals surface area contributed by atoms with Crippen LogP contribution in [0.1, 0.15) is 75.0 Å². The fraction of sp³-hybridized carbons (Fsp3) is 0.419. The number of halogens is 5. The van der Waals surface area contributed by atoms with Gasteiger partial charge in [-0.25, -0.2) is 8.78 Å². The predicted molar refractivity (Wildman–Crippen MR) is 136 cm³/mol. The van der Waals surface area contributed by atoms with E-state index in [-0.39, 0.29) is 11.1 Å². The molecule has 0 spiro atoms. The van der Waals surface area contributed by atoms with E-state index in [0.29, 0.717) is 5.39 Å². The Labute approximate surface area is 215 Å². The minimum absolute atomic E-state index is 0.112. The van der Waals surface area contributed by atoms with Gasteiger partial charge in [0.1, 0.15) is 5.82 Å². The molecule has 6 heteroatoms. The van der Waals surface area contributed by atoms with Crippen molar-refractivity contribution in [2.45, 2.75) is 71.1 Å². The van der Waals surface area contributed by atoms with Gasteiger partial charge in [-0.2, -0.15) is 0 Å². The van der Waals surface area contributed by atoms with Crippen LogP contribution in [0.25, 0.3) is 10.8 Å². The minimum atomic E-state index is -4.99. The monoisotopic (exact) mass is 514 g/mol. The summed E-state index contributed by atoms with van der Waals surface area (Å²) in [7, 11) is 0. The molecule has 1 aliphatic carbocycles. The first kappa shape index (κ1) is 27.0. The van der Waals surface area contributed by atoms with Gasteiger partial charge in [0.05, 0.1) is 5.56 Å². The summed E-state index contributed by atoms with van der Waals surface area (Å²) >= 11 is 0. The second kappa shape index (κ2) is 12.0. The molecule has 0 N–H and O–H groups in total. The molecule has 1 saturated carbocycles. The first-order chi connectivity index (χ1) is 17.7. The maximum atomic E-state index is 15.1. The topological polar surface area (TPSA) is 9.23 Å². The van der Waals surface area contributed by atoms with E-state index in [2.05, 4.69) is 23.5 Å². The van der Waals surface area contributed by atoms with Crippen LogP contribution in [0.3, 0.4) is 0 Å². The Morgan fingerprint density at radius 1 is 0.865 bits per heavy atom. The zero-order chi connectivity index (χ0) is 26.4. The van der Waals surface area contributed by atoms with Gasteiger partial charge in [0, 0.05) is 10.9 Å². The van der Waals surface area contributed by atoms with E-state index >= 15 is 4.39 Å². The lowest BCUT2D eigenvalue weighted by molar-refractivity contribution is -0.275. The molecule has 0 amide bonds. The Bertz CT molecular complexity index is 1280. The first-order valence-electron chi connectivity index (χ1n) is 13.0. The van der Waals surface area contributed by atoms with Crippen LogP contribution in [-0.2, 0) is 6.42 Å². The van der Waals surface area contributed by atoms with Crippen LogP contribution in [0.15, 0.2) is 48.5 Å². The molecule has 1 aliphatic rings. The van der Waals surface area contributed by atoms with Gasteiger partial charge in [0.15, 0.2) is 11.6 Å². The van der Waals surface area contributed by atoms with Crippen molar-refractivity contribution in [1.82, 2.24) is 0 Å². The Morgan fingerprint density at radius 3 is 2.27 bits per heavy atom. The molecule has 4 rings (SSSR count). The van der Waals surface area contributed by atoms with Crippen LogP contribution in [0.5, 0.6) is 5.75 Å². The van der Waals surface area contributed by atoms with Gasteiger partial charge in [-0.3, -0.25) is 0 Å². The number of hydrogen-bond donors (Lipinski definition) is 0. The molecule has 0 aliphatic heterocycles. The van der Waals surface area contributed by atoms with Crippen molar-refractivity contribution < 1.29 is 26.7 Å². The third kappa shape index (κ3) is 7.47. The zero-order valence-electron chi connectivity index (χ0n) is 20.9. The quantitative estimate of drug-likeness (QED) is 0.225. The van der Waals surface area contributed by atoms with Crippen molar-refractivity contribution in [2.24, 2.45) is 11.8 Å². The predicted octanol–water partition coefficient (Wildman–Crippen LogP) is 9.35. The molecule has 196 valence electrons. The van der Waals surface area contributed by atoms with E-state index in [1.165, 1.54) is 56.6 Å². The van der Waals surface area contributed by atoms with Gasteiger partial charge < -0.3 is 4.74 Å². The van der Waals surface area contributed by atoms with Gasteiger partial charge in [0.25, 0.3) is 0 Å². The minimum Gasteiger partial charge on any atom is -0.403 e. The second-order valence-electron chi connectivity index (χ2n) is 9.99. The molecule has 0 aromatic heterocycles. The Kier molecular flexibility index (Phi) is 8.74. The molecule has 1 fully saturated rings. The Balaban J connectivity index is 1.40. The summed E-state index contributed by atoms with van der Waals surface area (Å²) in [4.78, 5) is 0. The maximum Gasteiger partial charge on any atom is 0.573 e. The van der Waals surface area contributed by atoms with Crippen molar-refractivity contribution in [3.8, 4) is 17.6 Å². The second-order valence-corrected chi connectivity index (χ2v) is 9.99. The zero-order valence-corrected chi connectivity index (χ0v) is 20.9. The number of ether oxygens (including phenoxy) is 1. The molecule has 0 saturated heterocycles. The number of fused-ring (bicyclic) bond motifs is 1. The van der Waals surface area contributed by atoms with Gasteiger partial charge in [0.2, 0.25) is 0 Å². The normalized spacial score (nSPS) is 17.9. The smallest absolute Gasteiger partial charge is 0.403 e. The molecular formula is C31H31F5O. The van der Waals surface area contributed by atoms with Gasteiger partial charge in [-0.05, 0) is 59.9 Å². The fourth-order valence-electron chi connectivity index (χ4n) is 5.19. The van der Waals surface area contributed by atoms with Crippen LogP contribution in [0.2, 0.25) is 0 Å². The molecule has 0 bridgehead atoms.